The fourth-order valence-corrected chi connectivity index (χ4v) is 3.11. The molecule has 28 heavy (non-hydrogen) atoms. The Morgan fingerprint density at radius 1 is 1.11 bits per heavy atom. The minimum atomic E-state index is -1.03. The Kier molecular flexibility index (Phi) is 5.93. The second-order valence-corrected chi connectivity index (χ2v) is 6.68. The van der Waals surface area contributed by atoms with E-state index >= 15 is 0 Å². The SMILES string of the molecule is CN(Cc1ccc(OCC(=O)O)cc1)C(=O)c1ccc(N2CCCC2=O)cc1. The molecule has 1 aliphatic heterocycles. The topological polar surface area (TPSA) is 87.2 Å². The van der Waals surface area contributed by atoms with E-state index in [0.717, 1.165) is 24.2 Å². The van der Waals surface area contributed by atoms with Gasteiger partial charge >= 0.3 is 5.97 Å². The molecular formula is C21H22N2O5. The summed E-state index contributed by atoms with van der Waals surface area (Å²) in [7, 11) is 1.72. The molecule has 2 aromatic rings. The van der Waals surface area contributed by atoms with Gasteiger partial charge in [0.25, 0.3) is 5.91 Å². The zero-order valence-corrected chi connectivity index (χ0v) is 15.6. The summed E-state index contributed by atoms with van der Waals surface area (Å²) >= 11 is 0. The molecule has 3 rings (SSSR count). The van der Waals surface area contributed by atoms with Crippen LogP contribution in [0.5, 0.6) is 5.75 Å². The molecule has 146 valence electrons. The highest BCUT2D eigenvalue weighted by atomic mass is 16.5. The number of amides is 2. The molecule has 0 spiro atoms. The van der Waals surface area contributed by atoms with Crippen molar-refractivity contribution in [1.29, 1.82) is 0 Å². The smallest absolute Gasteiger partial charge is 0.341 e. The van der Waals surface area contributed by atoms with Crippen LogP contribution < -0.4 is 9.64 Å². The summed E-state index contributed by atoms with van der Waals surface area (Å²) in [5.74, 6) is -0.570. The van der Waals surface area contributed by atoms with E-state index < -0.39 is 12.6 Å². The maximum Gasteiger partial charge on any atom is 0.341 e. The largest absolute Gasteiger partial charge is 0.482 e. The van der Waals surface area contributed by atoms with Crippen LogP contribution in [0, 0.1) is 0 Å². The number of carbonyl (C=O) groups excluding carboxylic acids is 2. The lowest BCUT2D eigenvalue weighted by molar-refractivity contribution is -0.139. The van der Waals surface area contributed by atoms with Crippen LogP contribution in [0.25, 0.3) is 0 Å². The molecule has 0 radical (unpaired) electrons. The molecule has 1 N–H and O–H groups in total. The minimum absolute atomic E-state index is 0.118. The second kappa shape index (κ2) is 8.56. The third kappa shape index (κ3) is 4.68. The third-order valence-corrected chi connectivity index (χ3v) is 4.55. The van der Waals surface area contributed by atoms with Crippen molar-refractivity contribution in [3.8, 4) is 5.75 Å². The Bertz CT molecular complexity index is 861. The van der Waals surface area contributed by atoms with Gasteiger partial charge in [0.2, 0.25) is 5.91 Å². The van der Waals surface area contributed by atoms with E-state index in [4.69, 9.17) is 9.84 Å². The molecular weight excluding hydrogens is 360 g/mol. The highest BCUT2D eigenvalue weighted by Crippen LogP contribution is 2.22. The van der Waals surface area contributed by atoms with Crippen LogP contribution in [0.15, 0.2) is 48.5 Å². The zero-order valence-electron chi connectivity index (χ0n) is 15.6. The Balaban J connectivity index is 1.59. The Labute approximate surface area is 163 Å². The standard InChI is InChI=1S/C21H22N2O5/c1-22(13-15-4-10-18(11-5-15)28-14-20(25)26)21(27)16-6-8-17(9-7-16)23-12-2-3-19(23)24/h4-11H,2-3,12-14H2,1H3,(H,25,26). The fourth-order valence-electron chi connectivity index (χ4n) is 3.11. The molecule has 7 heteroatoms. The summed E-state index contributed by atoms with van der Waals surface area (Å²) in [5.41, 5.74) is 2.27. The van der Waals surface area contributed by atoms with Crippen molar-refractivity contribution in [2.45, 2.75) is 19.4 Å². The van der Waals surface area contributed by atoms with E-state index in [9.17, 15) is 14.4 Å². The molecule has 0 unspecified atom stereocenters. The highest BCUT2D eigenvalue weighted by molar-refractivity contribution is 5.97. The molecule has 0 atom stereocenters. The van der Waals surface area contributed by atoms with Crippen LogP contribution >= 0.6 is 0 Å². The van der Waals surface area contributed by atoms with Gasteiger partial charge in [0.1, 0.15) is 5.75 Å². The van der Waals surface area contributed by atoms with Crippen molar-refractivity contribution >= 4 is 23.5 Å². The van der Waals surface area contributed by atoms with Gasteiger partial charge in [0.05, 0.1) is 0 Å². The molecule has 0 aliphatic carbocycles. The molecule has 0 saturated carbocycles. The predicted molar refractivity (Wildman–Crippen MR) is 103 cm³/mol. The van der Waals surface area contributed by atoms with Crippen molar-refractivity contribution in [3.63, 3.8) is 0 Å². The van der Waals surface area contributed by atoms with Crippen molar-refractivity contribution < 1.29 is 24.2 Å². The van der Waals surface area contributed by atoms with Crippen molar-refractivity contribution in [2.24, 2.45) is 0 Å². The predicted octanol–water partition coefficient (Wildman–Crippen LogP) is 2.55. The summed E-state index contributed by atoms with van der Waals surface area (Å²) in [4.78, 5) is 38.3. The highest BCUT2D eigenvalue weighted by Gasteiger charge is 2.22. The molecule has 1 heterocycles. The Hall–Kier alpha value is -3.35. The quantitative estimate of drug-likeness (QED) is 0.795. The Morgan fingerprint density at radius 3 is 2.36 bits per heavy atom. The van der Waals surface area contributed by atoms with Gasteiger partial charge in [-0.2, -0.15) is 0 Å². The number of carboxylic acid groups (broad SMARTS) is 1. The normalized spacial score (nSPS) is 13.5. The fraction of sp³-hybridized carbons (Fsp3) is 0.286. The summed E-state index contributed by atoms with van der Waals surface area (Å²) in [6.07, 6.45) is 1.44. The molecule has 7 nitrogen and oxygen atoms in total. The van der Waals surface area contributed by atoms with E-state index in [1.807, 2.05) is 0 Å². The Morgan fingerprint density at radius 2 is 1.79 bits per heavy atom. The number of aliphatic carboxylic acids is 1. The molecule has 1 aliphatic rings. The lowest BCUT2D eigenvalue weighted by atomic mass is 10.1. The van der Waals surface area contributed by atoms with Gasteiger partial charge in [-0.1, -0.05) is 12.1 Å². The molecule has 1 saturated heterocycles. The van der Waals surface area contributed by atoms with Crippen molar-refractivity contribution in [3.05, 3.63) is 59.7 Å². The van der Waals surface area contributed by atoms with Gasteiger partial charge in [-0.15, -0.1) is 0 Å². The lowest BCUT2D eigenvalue weighted by Crippen LogP contribution is -2.26. The van der Waals surface area contributed by atoms with Crippen LogP contribution in [-0.4, -0.2) is 48.0 Å². The first-order valence-electron chi connectivity index (χ1n) is 9.03. The van der Waals surface area contributed by atoms with E-state index in [-0.39, 0.29) is 11.8 Å². The van der Waals surface area contributed by atoms with E-state index in [0.29, 0.717) is 24.3 Å². The summed E-state index contributed by atoms with van der Waals surface area (Å²) in [6.45, 7) is 0.735. The van der Waals surface area contributed by atoms with Crippen LogP contribution in [0.3, 0.4) is 0 Å². The van der Waals surface area contributed by atoms with Gasteiger partial charge in [-0.25, -0.2) is 4.79 Å². The molecule has 2 amide bonds. The van der Waals surface area contributed by atoms with Gasteiger partial charge in [-0.3, -0.25) is 9.59 Å². The van der Waals surface area contributed by atoms with E-state index in [1.165, 1.54) is 0 Å². The zero-order chi connectivity index (χ0) is 20.1. The van der Waals surface area contributed by atoms with Crippen LogP contribution in [0.1, 0.15) is 28.8 Å². The third-order valence-electron chi connectivity index (χ3n) is 4.55. The second-order valence-electron chi connectivity index (χ2n) is 6.68. The number of carboxylic acids is 1. The summed E-state index contributed by atoms with van der Waals surface area (Å²) in [6, 6.07) is 14.0. The maximum atomic E-state index is 12.6. The lowest BCUT2D eigenvalue weighted by Gasteiger charge is -2.19. The monoisotopic (exact) mass is 382 g/mol. The number of carbonyl (C=O) groups is 3. The van der Waals surface area contributed by atoms with E-state index in [2.05, 4.69) is 0 Å². The first kappa shape index (κ1) is 19.4. The van der Waals surface area contributed by atoms with E-state index in [1.54, 1.807) is 65.4 Å². The molecule has 0 aromatic heterocycles. The first-order valence-corrected chi connectivity index (χ1v) is 9.03. The van der Waals surface area contributed by atoms with Crippen LogP contribution in [0.2, 0.25) is 0 Å². The number of anilines is 1. The van der Waals surface area contributed by atoms with Gasteiger partial charge < -0.3 is 19.6 Å². The average molecular weight is 382 g/mol. The van der Waals surface area contributed by atoms with Gasteiger partial charge in [-0.05, 0) is 48.4 Å². The van der Waals surface area contributed by atoms with Crippen LogP contribution in [-0.2, 0) is 16.1 Å². The van der Waals surface area contributed by atoms with Gasteiger partial charge in [0, 0.05) is 37.8 Å². The summed E-state index contributed by atoms with van der Waals surface area (Å²) in [5, 5.41) is 8.62. The number of hydrogen-bond donors (Lipinski definition) is 1. The van der Waals surface area contributed by atoms with Crippen LogP contribution in [0.4, 0.5) is 5.69 Å². The number of hydrogen-bond acceptors (Lipinski definition) is 4. The number of benzene rings is 2. The molecule has 1 fully saturated rings. The minimum Gasteiger partial charge on any atom is -0.482 e. The first-order chi connectivity index (χ1) is 13.4. The maximum absolute atomic E-state index is 12.6. The molecule has 2 aromatic carbocycles. The van der Waals surface area contributed by atoms with Gasteiger partial charge in [0.15, 0.2) is 6.61 Å². The van der Waals surface area contributed by atoms with Crippen molar-refractivity contribution in [1.82, 2.24) is 4.90 Å². The number of ether oxygens (including phenoxy) is 1. The van der Waals surface area contributed by atoms with Crippen molar-refractivity contribution in [2.75, 3.05) is 25.1 Å². The average Bonchev–Trinajstić information content (AvgIpc) is 3.13. The molecule has 0 bridgehead atoms. The number of rotatable bonds is 7. The number of nitrogens with zero attached hydrogens (tertiary/aromatic N) is 2. The summed E-state index contributed by atoms with van der Waals surface area (Å²) < 4.78 is 5.10.